The van der Waals surface area contributed by atoms with Gasteiger partial charge in [0.1, 0.15) is 5.69 Å². The van der Waals surface area contributed by atoms with E-state index in [4.69, 9.17) is 0 Å². The van der Waals surface area contributed by atoms with Gasteiger partial charge >= 0.3 is 0 Å². The zero-order chi connectivity index (χ0) is 16.2. The normalized spacial score (nSPS) is 11.1. The minimum Gasteiger partial charge on any atom is -0.389 e. The van der Waals surface area contributed by atoms with E-state index in [1.54, 1.807) is 27.8 Å². The van der Waals surface area contributed by atoms with Gasteiger partial charge in [-0.05, 0) is 26.8 Å². The zero-order valence-corrected chi connectivity index (χ0v) is 12.7. The molecule has 0 unspecified atom stereocenters. The van der Waals surface area contributed by atoms with E-state index in [2.05, 4.69) is 5.32 Å². The number of hydrogen-bond acceptors (Lipinski definition) is 5. The predicted octanol–water partition coefficient (Wildman–Crippen LogP) is 1.87. The second-order valence-corrected chi connectivity index (χ2v) is 5.46. The number of nitro groups is 1. The lowest BCUT2D eigenvalue weighted by atomic mass is 10.1. The maximum atomic E-state index is 12.4. The van der Waals surface area contributed by atoms with E-state index in [-0.39, 0.29) is 29.4 Å². The summed E-state index contributed by atoms with van der Waals surface area (Å²) in [6.45, 7) is 5.57. The number of carbonyl (C=O) groups is 1. The molecule has 0 saturated carbocycles. The molecule has 7 nitrogen and oxygen atoms in total. The molecule has 0 aliphatic carbocycles. The van der Waals surface area contributed by atoms with E-state index in [9.17, 15) is 20.0 Å². The highest BCUT2D eigenvalue weighted by atomic mass is 16.6. The summed E-state index contributed by atoms with van der Waals surface area (Å²) < 4.78 is 0. The molecule has 116 valence electrons. The van der Waals surface area contributed by atoms with Crippen molar-refractivity contribution in [3.8, 4) is 0 Å². The number of aliphatic hydroxyl groups is 1. The molecule has 0 bridgehead atoms. The van der Waals surface area contributed by atoms with E-state index < -0.39 is 10.5 Å². The van der Waals surface area contributed by atoms with Crippen LogP contribution in [0.15, 0.2) is 18.2 Å². The van der Waals surface area contributed by atoms with Gasteiger partial charge in [0.05, 0.1) is 16.1 Å². The third kappa shape index (κ3) is 4.42. The van der Waals surface area contributed by atoms with Crippen LogP contribution >= 0.6 is 0 Å². The van der Waals surface area contributed by atoms with Gasteiger partial charge in [-0.1, -0.05) is 6.07 Å². The molecule has 0 saturated heterocycles. The number of hydrogen-bond donors (Lipinski definition) is 2. The Balaban J connectivity index is 3.20. The molecule has 1 rings (SSSR count). The summed E-state index contributed by atoms with van der Waals surface area (Å²) in [5.41, 5.74) is -0.751. The first-order valence-corrected chi connectivity index (χ1v) is 6.66. The standard InChI is InChI=1S/C14H21N3O4/c1-5-15-12-10(7-6-8-11(12)17(20)21)13(18)16(4)9-14(2,3)19/h6-8,15,19H,5,9H2,1-4H3. The summed E-state index contributed by atoms with van der Waals surface area (Å²) in [6, 6.07) is 4.36. The first-order chi connectivity index (χ1) is 9.67. The Morgan fingerprint density at radius 3 is 2.57 bits per heavy atom. The Hall–Kier alpha value is -2.15. The monoisotopic (exact) mass is 295 g/mol. The quantitative estimate of drug-likeness (QED) is 0.617. The molecule has 0 aliphatic rings. The Kier molecular flexibility index (Phi) is 5.26. The first kappa shape index (κ1) is 16.9. The number of nitro benzene ring substituents is 1. The molecular formula is C14H21N3O4. The number of benzene rings is 1. The van der Waals surface area contributed by atoms with Crippen molar-refractivity contribution >= 4 is 17.3 Å². The minimum absolute atomic E-state index is 0.125. The molecule has 0 aromatic heterocycles. The zero-order valence-electron chi connectivity index (χ0n) is 12.7. The van der Waals surface area contributed by atoms with E-state index in [1.165, 1.54) is 23.1 Å². The molecule has 7 heteroatoms. The van der Waals surface area contributed by atoms with Gasteiger partial charge in [-0.3, -0.25) is 14.9 Å². The summed E-state index contributed by atoms with van der Waals surface area (Å²) in [5, 5.41) is 23.7. The molecule has 0 fully saturated rings. The van der Waals surface area contributed by atoms with Gasteiger partial charge < -0.3 is 15.3 Å². The molecule has 1 aromatic carbocycles. The van der Waals surface area contributed by atoms with Crippen LogP contribution in [0.3, 0.4) is 0 Å². The number of nitrogens with zero attached hydrogens (tertiary/aromatic N) is 2. The van der Waals surface area contributed by atoms with Crippen LogP contribution in [0.1, 0.15) is 31.1 Å². The largest absolute Gasteiger partial charge is 0.389 e. The van der Waals surface area contributed by atoms with Crippen molar-refractivity contribution < 1.29 is 14.8 Å². The van der Waals surface area contributed by atoms with Gasteiger partial charge in [0.15, 0.2) is 0 Å². The van der Waals surface area contributed by atoms with Gasteiger partial charge in [-0.2, -0.15) is 0 Å². The van der Waals surface area contributed by atoms with Crippen LogP contribution in [0.5, 0.6) is 0 Å². The summed E-state index contributed by atoms with van der Waals surface area (Å²) in [5.74, 6) is -0.378. The number of likely N-dealkylation sites (N-methyl/N-ethyl adjacent to an activating group) is 1. The number of carbonyl (C=O) groups excluding carboxylic acids is 1. The highest BCUT2D eigenvalue weighted by Gasteiger charge is 2.25. The second kappa shape index (κ2) is 6.53. The number of rotatable bonds is 6. The van der Waals surface area contributed by atoms with E-state index >= 15 is 0 Å². The average molecular weight is 295 g/mol. The van der Waals surface area contributed by atoms with Crippen molar-refractivity contribution in [3.05, 3.63) is 33.9 Å². The lowest BCUT2D eigenvalue weighted by Crippen LogP contribution is -2.40. The smallest absolute Gasteiger partial charge is 0.293 e. The lowest BCUT2D eigenvalue weighted by Gasteiger charge is -2.26. The summed E-state index contributed by atoms with van der Waals surface area (Å²) >= 11 is 0. The summed E-state index contributed by atoms with van der Waals surface area (Å²) in [7, 11) is 1.55. The number of anilines is 1. The van der Waals surface area contributed by atoms with Crippen LogP contribution in [0.2, 0.25) is 0 Å². The van der Waals surface area contributed by atoms with Gasteiger partial charge in [-0.25, -0.2) is 0 Å². The van der Waals surface area contributed by atoms with Crippen LogP contribution in [0.4, 0.5) is 11.4 Å². The van der Waals surface area contributed by atoms with Crippen LogP contribution in [-0.2, 0) is 0 Å². The molecule has 1 amide bonds. The lowest BCUT2D eigenvalue weighted by molar-refractivity contribution is -0.384. The Labute approximate surface area is 123 Å². The maximum absolute atomic E-state index is 12.4. The van der Waals surface area contributed by atoms with Crippen molar-refractivity contribution in [3.63, 3.8) is 0 Å². The summed E-state index contributed by atoms with van der Waals surface area (Å²) in [4.78, 5) is 24.3. The third-order valence-corrected chi connectivity index (χ3v) is 2.79. The Bertz CT molecular complexity index is 538. The Morgan fingerprint density at radius 1 is 1.48 bits per heavy atom. The van der Waals surface area contributed by atoms with Crippen molar-refractivity contribution in [2.24, 2.45) is 0 Å². The van der Waals surface area contributed by atoms with Crippen LogP contribution in [-0.4, -0.2) is 46.6 Å². The highest BCUT2D eigenvalue weighted by Crippen LogP contribution is 2.29. The number of para-hydroxylation sites is 1. The van der Waals surface area contributed by atoms with Gasteiger partial charge in [-0.15, -0.1) is 0 Å². The van der Waals surface area contributed by atoms with Crippen molar-refractivity contribution in [2.75, 3.05) is 25.5 Å². The third-order valence-electron chi connectivity index (χ3n) is 2.79. The molecule has 0 radical (unpaired) electrons. The molecule has 0 heterocycles. The van der Waals surface area contributed by atoms with Crippen molar-refractivity contribution in [1.82, 2.24) is 4.90 Å². The molecule has 0 aliphatic heterocycles. The first-order valence-electron chi connectivity index (χ1n) is 6.66. The van der Waals surface area contributed by atoms with Gasteiger partial charge in [0.25, 0.3) is 11.6 Å². The fraction of sp³-hybridized carbons (Fsp3) is 0.500. The minimum atomic E-state index is -1.04. The van der Waals surface area contributed by atoms with E-state index in [0.29, 0.717) is 6.54 Å². The average Bonchev–Trinajstić information content (AvgIpc) is 2.36. The van der Waals surface area contributed by atoms with E-state index in [0.717, 1.165) is 0 Å². The van der Waals surface area contributed by atoms with Gasteiger partial charge in [0.2, 0.25) is 0 Å². The van der Waals surface area contributed by atoms with Crippen LogP contribution in [0.25, 0.3) is 0 Å². The second-order valence-electron chi connectivity index (χ2n) is 5.46. The fourth-order valence-electron chi connectivity index (χ4n) is 2.09. The molecule has 21 heavy (non-hydrogen) atoms. The van der Waals surface area contributed by atoms with E-state index in [1.807, 2.05) is 0 Å². The van der Waals surface area contributed by atoms with Gasteiger partial charge in [0, 0.05) is 26.2 Å². The SMILES string of the molecule is CCNc1c(C(=O)N(C)CC(C)(C)O)cccc1[N+](=O)[O-]. The molecular weight excluding hydrogens is 274 g/mol. The number of amides is 1. The number of nitrogens with one attached hydrogen (secondary N) is 1. The van der Waals surface area contributed by atoms with Crippen LogP contribution < -0.4 is 5.32 Å². The molecule has 1 aromatic rings. The topological polar surface area (TPSA) is 95.7 Å². The Morgan fingerprint density at radius 2 is 2.10 bits per heavy atom. The van der Waals surface area contributed by atoms with Crippen molar-refractivity contribution in [2.45, 2.75) is 26.4 Å². The van der Waals surface area contributed by atoms with Crippen LogP contribution in [0, 0.1) is 10.1 Å². The fourth-order valence-corrected chi connectivity index (χ4v) is 2.09. The molecule has 2 N–H and O–H groups in total. The highest BCUT2D eigenvalue weighted by molar-refractivity contribution is 6.01. The maximum Gasteiger partial charge on any atom is 0.293 e. The van der Waals surface area contributed by atoms with Crippen molar-refractivity contribution in [1.29, 1.82) is 0 Å². The molecule has 0 spiro atoms. The predicted molar refractivity (Wildman–Crippen MR) is 80.5 cm³/mol. The summed E-state index contributed by atoms with van der Waals surface area (Å²) in [6.07, 6.45) is 0. The molecule has 0 atom stereocenters.